The maximum Gasteiger partial charge on any atom is 0.326 e. The van der Waals surface area contributed by atoms with Gasteiger partial charge in [-0.15, -0.1) is 0 Å². The standard InChI is InChI=1S/C18H19NO7S/c1-3-11(2)26-16(22)9-19-17(23)14(27-18(19)24)8-12-5-4-6-13(7-12)25-10-15(20)21/h4-8,11H,3,9-10H2,1-2H3,(H,20,21)/p-1/b14-8+/t11-/m1/s1. The molecule has 0 bridgehead atoms. The number of thioether (sulfide) groups is 1. The first kappa shape index (κ1) is 20.5. The van der Waals surface area contributed by atoms with E-state index in [9.17, 15) is 24.3 Å². The van der Waals surface area contributed by atoms with Crippen LogP contribution in [0.25, 0.3) is 6.08 Å². The molecule has 0 aromatic heterocycles. The number of rotatable bonds is 8. The molecule has 1 aromatic carbocycles. The van der Waals surface area contributed by atoms with Crippen molar-refractivity contribution in [1.29, 1.82) is 0 Å². The Morgan fingerprint density at radius 1 is 1.33 bits per heavy atom. The molecule has 1 aliphatic heterocycles. The summed E-state index contributed by atoms with van der Waals surface area (Å²) in [6.07, 6.45) is 1.80. The molecule has 8 nitrogen and oxygen atoms in total. The van der Waals surface area contributed by atoms with Gasteiger partial charge in [0.15, 0.2) is 0 Å². The van der Waals surface area contributed by atoms with Gasteiger partial charge >= 0.3 is 5.97 Å². The summed E-state index contributed by atoms with van der Waals surface area (Å²) >= 11 is 0.713. The number of carboxylic acid groups (broad SMARTS) is 1. The molecule has 9 heteroatoms. The van der Waals surface area contributed by atoms with Gasteiger partial charge in [-0.25, -0.2) is 0 Å². The lowest BCUT2D eigenvalue weighted by Gasteiger charge is -2.14. The van der Waals surface area contributed by atoms with Crippen LogP contribution in [0.1, 0.15) is 25.8 Å². The average Bonchev–Trinajstić information content (AvgIpc) is 2.87. The quantitative estimate of drug-likeness (QED) is 0.479. The van der Waals surface area contributed by atoms with Crippen LogP contribution in [-0.4, -0.2) is 47.2 Å². The Hall–Kier alpha value is -2.81. The van der Waals surface area contributed by atoms with E-state index >= 15 is 0 Å². The summed E-state index contributed by atoms with van der Waals surface area (Å²) in [4.78, 5) is 47.7. The Labute approximate surface area is 160 Å². The number of hydrogen-bond donors (Lipinski definition) is 0. The monoisotopic (exact) mass is 392 g/mol. The minimum atomic E-state index is -1.36. The molecule has 0 radical (unpaired) electrons. The lowest BCUT2D eigenvalue weighted by molar-refractivity contribution is -0.307. The third-order valence-corrected chi connectivity index (χ3v) is 4.49. The molecular weight excluding hydrogens is 374 g/mol. The lowest BCUT2D eigenvalue weighted by Crippen LogP contribution is -2.35. The molecule has 1 heterocycles. The van der Waals surface area contributed by atoms with Crippen molar-refractivity contribution in [2.45, 2.75) is 26.4 Å². The molecule has 0 saturated carbocycles. The molecule has 0 unspecified atom stereocenters. The number of ether oxygens (including phenoxy) is 2. The molecule has 1 aliphatic rings. The van der Waals surface area contributed by atoms with Crippen LogP contribution in [0, 0.1) is 0 Å². The van der Waals surface area contributed by atoms with Crippen LogP contribution in [0.15, 0.2) is 29.2 Å². The number of carboxylic acids is 1. The highest BCUT2D eigenvalue weighted by molar-refractivity contribution is 8.18. The second-order valence-electron chi connectivity index (χ2n) is 5.71. The predicted octanol–water partition coefficient (Wildman–Crippen LogP) is 1.19. The van der Waals surface area contributed by atoms with Crippen molar-refractivity contribution >= 4 is 40.9 Å². The van der Waals surface area contributed by atoms with Gasteiger partial charge in [-0.3, -0.25) is 19.3 Å². The summed E-state index contributed by atoms with van der Waals surface area (Å²) < 4.78 is 10.1. The highest BCUT2D eigenvalue weighted by Gasteiger charge is 2.36. The first-order valence-electron chi connectivity index (χ1n) is 8.17. The van der Waals surface area contributed by atoms with Gasteiger partial charge in [-0.2, -0.15) is 0 Å². The second-order valence-corrected chi connectivity index (χ2v) is 6.70. The maximum absolute atomic E-state index is 12.4. The molecule has 1 fully saturated rings. The van der Waals surface area contributed by atoms with Crippen LogP contribution in [0.5, 0.6) is 5.75 Å². The van der Waals surface area contributed by atoms with Crippen LogP contribution in [0.2, 0.25) is 0 Å². The zero-order valence-corrected chi connectivity index (χ0v) is 15.6. The average molecular weight is 392 g/mol. The van der Waals surface area contributed by atoms with Crippen LogP contribution in [0.3, 0.4) is 0 Å². The summed E-state index contributed by atoms with van der Waals surface area (Å²) in [6.45, 7) is 2.53. The first-order valence-corrected chi connectivity index (χ1v) is 8.99. The highest BCUT2D eigenvalue weighted by atomic mass is 32.2. The van der Waals surface area contributed by atoms with Crippen LogP contribution in [0.4, 0.5) is 4.79 Å². The molecule has 1 aromatic rings. The van der Waals surface area contributed by atoms with Crippen molar-refractivity contribution in [2.24, 2.45) is 0 Å². The van der Waals surface area contributed by atoms with Crippen molar-refractivity contribution in [3.05, 3.63) is 34.7 Å². The van der Waals surface area contributed by atoms with E-state index in [-0.39, 0.29) is 16.8 Å². The summed E-state index contributed by atoms with van der Waals surface area (Å²) in [5.74, 6) is -2.31. The molecule has 0 aliphatic carbocycles. The number of hydrogen-bond acceptors (Lipinski definition) is 8. The maximum atomic E-state index is 12.4. The third-order valence-electron chi connectivity index (χ3n) is 3.58. The zero-order chi connectivity index (χ0) is 20.0. The SMILES string of the molecule is CC[C@@H](C)OC(=O)CN1C(=O)S/C(=C/c2cccc(OCC(=O)[O-])c2)C1=O. The number of amides is 2. The fraction of sp³-hybridized carbons (Fsp3) is 0.333. The number of esters is 1. The molecule has 0 N–H and O–H groups in total. The van der Waals surface area contributed by atoms with Gasteiger partial charge in [0.2, 0.25) is 0 Å². The van der Waals surface area contributed by atoms with Crippen molar-refractivity contribution in [3.8, 4) is 5.75 Å². The number of nitrogens with zero attached hydrogens (tertiary/aromatic N) is 1. The molecule has 1 saturated heterocycles. The number of aliphatic carboxylic acids is 1. The summed E-state index contributed by atoms with van der Waals surface area (Å²) in [6, 6.07) is 6.35. The largest absolute Gasteiger partial charge is 0.546 e. The summed E-state index contributed by atoms with van der Waals surface area (Å²) in [5, 5.41) is 9.89. The van der Waals surface area contributed by atoms with Crippen LogP contribution < -0.4 is 9.84 Å². The van der Waals surface area contributed by atoms with E-state index in [0.717, 1.165) is 4.90 Å². The molecular formula is C18H18NO7S-. The fourth-order valence-corrected chi connectivity index (χ4v) is 2.94. The van der Waals surface area contributed by atoms with Crippen LogP contribution >= 0.6 is 11.8 Å². The van der Waals surface area contributed by atoms with E-state index in [2.05, 4.69) is 0 Å². The number of benzene rings is 1. The van der Waals surface area contributed by atoms with Crippen molar-refractivity contribution in [1.82, 2.24) is 4.90 Å². The van der Waals surface area contributed by atoms with Gasteiger partial charge in [-0.1, -0.05) is 19.1 Å². The van der Waals surface area contributed by atoms with Crippen molar-refractivity contribution < 1.29 is 33.8 Å². The summed E-state index contributed by atoms with van der Waals surface area (Å²) in [7, 11) is 0. The first-order chi connectivity index (χ1) is 12.8. The Morgan fingerprint density at radius 2 is 2.07 bits per heavy atom. The molecule has 2 amide bonds. The zero-order valence-electron chi connectivity index (χ0n) is 14.8. The number of carbonyl (C=O) groups is 4. The van der Waals surface area contributed by atoms with Gasteiger partial charge < -0.3 is 19.4 Å². The normalized spacial score (nSPS) is 16.5. The Bertz CT molecular complexity index is 790. The Morgan fingerprint density at radius 3 is 2.74 bits per heavy atom. The molecule has 0 spiro atoms. The van der Waals surface area contributed by atoms with Crippen LogP contribution in [-0.2, 0) is 19.1 Å². The van der Waals surface area contributed by atoms with E-state index in [1.807, 2.05) is 6.92 Å². The van der Waals surface area contributed by atoms with E-state index in [1.165, 1.54) is 12.1 Å². The van der Waals surface area contributed by atoms with E-state index in [1.54, 1.807) is 25.1 Å². The molecule has 144 valence electrons. The van der Waals surface area contributed by atoms with Crippen molar-refractivity contribution in [3.63, 3.8) is 0 Å². The lowest BCUT2D eigenvalue weighted by atomic mass is 10.2. The highest BCUT2D eigenvalue weighted by Crippen LogP contribution is 2.32. The fourth-order valence-electron chi connectivity index (χ4n) is 2.10. The van der Waals surface area contributed by atoms with Crippen molar-refractivity contribution in [2.75, 3.05) is 13.2 Å². The van der Waals surface area contributed by atoms with Gasteiger partial charge in [0.05, 0.1) is 17.0 Å². The minimum Gasteiger partial charge on any atom is -0.546 e. The molecule has 1 atom stereocenters. The smallest absolute Gasteiger partial charge is 0.326 e. The van der Waals surface area contributed by atoms with Gasteiger partial charge in [0, 0.05) is 0 Å². The van der Waals surface area contributed by atoms with E-state index < -0.39 is 36.2 Å². The van der Waals surface area contributed by atoms with Gasteiger partial charge in [0.25, 0.3) is 11.1 Å². The molecule has 2 rings (SSSR count). The molecule has 27 heavy (non-hydrogen) atoms. The minimum absolute atomic E-state index is 0.147. The Kier molecular flexibility index (Phi) is 7.00. The topological polar surface area (TPSA) is 113 Å². The number of imide groups is 1. The summed E-state index contributed by atoms with van der Waals surface area (Å²) in [5.41, 5.74) is 0.540. The van der Waals surface area contributed by atoms with Gasteiger partial charge in [-0.05, 0) is 48.9 Å². The van der Waals surface area contributed by atoms with Gasteiger partial charge in [0.1, 0.15) is 18.9 Å². The second kappa shape index (κ2) is 9.22. The Balaban J connectivity index is 2.08. The predicted molar refractivity (Wildman–Crippen MR) is 95.5 cm³/mol. The van der Waals surface area contributed by atoms with E-state index in [4.69, 9.17) is 9.47 Å². The third kappa shape index (κ3) is 5.85. The van der Waals surface area contributed by atoms with E-state index in [0.29, 0.717) is 23.7 Å². The number of carbonyl (C=O) groups excluding carboxylic acids is 4.